The summed E-state index contributed by atoms with van der Waals surface area (Å²) in [5, 5.41) is 12.8. The van der Waals surface area contributed by atoms with Crippen molar-refractivity contribution in [1.29, 1.82) is 0 Å². The van der Waals surface area contributed by atoms with Crippen LogP contribution in [0.15, 0.2) is 91.0 Å². The smallest absolute Gasteiger partial charge is 0.338 e. The Morgan fingerprint density at radius 2 is 1.02 bits per heavy atom. The highest BCUT2D eigenvalue weighted by Gasteiger charge is 2.87. The van der Waals surface area contributed by atoms with Gasteiger partial charge in [0.25, 0.3) is 0 Å². The van der Waals surface area contributed by atoms with Crippen LogP contribution in [-0.4, -0.2) is 82.3 Å². The maximum Gasteiger partial charge on any atom is 0.338 e. The van der Waals surface area contributed by atoms with Gasteiger partial charge in [0.1, 0.15) is 23.9 Å². The predicted molar refractivity (Wildman–Crippen MR) is 183 cm³/mol. The van der Waals surface area contributed by atoms with Gasteiger partial charge in [0.05, 0.1) is 39.2 Å². The van der Waals surface area contributed by atoms with Crippen molar-refractivity contribution in [3.8, 4) is 0 Å². The van der Waals surface area contributed by atoms with Gasteiger partial charge in [-0.3, -0.25) is 9.59 Å². The summed E-state index contributed by atoms with van der Waals surface area (Å²) in [6, 6.07) is 24.3. The van der Waals surface area contributed by atoms with Gasteiger partial charge < -0.3 is 33.5 Å². The van der Waals surface area contributed by atoms with E-state index in [1.165, 1.54) is 45.0 Å². The van der Waals surface area contributed by atoms with Gasteiger partial charge in [0.2, 0.25) is 0 Å². The third-order valence-corrected chi connectivity index (χ3v) is 10.7. The third kappa shape index (κ3) is 6.03. The van der Waals surface area contributed by atoms with E-state index < -0.39 is 88.5 Å². The molecule has 1 spiro atoms. The molecule has 0 aromatic heterocycles. The van der Waals surface area contributed by atoms with Crippen LogP contribution in [0.1, 0.15) is 79.0 Å². The maximum atomic E-state index is 14.0. The third-order valence-electron chi connectivity index (χ3n) is 10.7. The fourth-order valence-electron chi connectivity index (χ4n) is 8.74. The molecule has 3 aromatic carbocycles. The van der Waals surface area contributed by atoms with Crippen LogP contribution in [0.25, 0.3) is 0 Å². The van der Waals surface area contributed by atoms with E-state index in [0.29, 0.717) is 0 Å². The fraction of sp³-hybridized carbons (Fsp3) is 0.425. The number of rotatable bonds is 8. The standard InChI is InChI=1S/C40H42O12/c1-23(41)47-30-29-32(48-24(2)42)40(52-37(29,3)4)38(5,46)22-28(49-34(43)25-16-10-7-11-17-25)31(50-35(44)26-18-12-8-13-19-26)39(40,6)33(30)51-36(45)27-20-14-9-15-21-27/h7-21,28-33,46H,22H2,1-6H3/t28-,29?,30+,31+,32-,33+,38+,39+,40?/m1/s1. The minimum Gasteiger partial charge on any atom is -0.459 e. The summed E-state index contributed by atoms with van der Waals surface area (Å²) in [7, 11) is 0. The molecule has 1 heterocycles. The van der Waals surface area contributed by atoms with Crippen LogP contribution < -0.4 is 0 Å². The first-order valence-corrected chi connectivity index (χ1v) is 17.1. The van der Waals surface area contributed by atoms with Gasteiger partial charge in [-0.2, -0.15) is 0 Å². The molecule has 3 aliphatic rings. The van der Waals surface area contributed by atoms with Crippen LogP contribution in [0, 0.1) is 11.3 Å². The number of ether oxygens (including phenoxy) is 6. The molecule has 2 saturated carbocycles. The van der Waals surface area contributed by atoms with Gasteiger partial charge >= 0.3 is 29.8 Å². The highest BCUT2D eigenvalue weighted by Crippen LogP contribution is 2.69. The van der Waals surface area contributed by atoms with E-state index in [-0.39, 0.29) is 23.1 Å². The topological polar surface area (TPSA) is 161 Å². The fourth-order valence-corrected chi connectivity index (χ4v) is 8.74. The van der Waals surface area contributed by atoms with Crippen LogP contribution in [0.4, 0.5) is 0 Å². The summed E-state index contributed by atoms with van der Waals surface area (Å²) in [5.41, 5.74) is -6.84. The lowest BCUT2D eigenvalue weighted by molar-refractivity contribution is -0.349. The zero-order valence-corrected chi connectivity index (χ0v) is 29.8. The molecule has 52 heavy (non-hydrogen) atoms. The lowest BCUT2D eigenvalue weighted by Crippen LogP contribution is -2.83. The molecule has 3 fully saturated rings. The van der Waals surface area contributed by atoms with E-state index in [1.54, 1.807) is 87.5 Å². The summed E-state index contributed by atoms with van der Waals surface area (Å²) in [4.78, 5) is 67.6. The summed E-state index contributed by atoms with van der Waals surface area (Å²) in [6.07, 6.45) is -7.61. The lowest BCUT2D eigenvalue weighted by Gasteiger charge is -2.65. The van der Waals surface area contributed by atoms with E-state index in [0.717, 1.165) is 0 Å². The highest BCUT2D eigenvalue weighted by atomic mass is 16.6. The first-order chi connectivity index (χ1) is 24.5. The normalized spacial score (nSPS) is 32.8. The van der Waals surface area contributed by atoms with E-state index in [2.05, 4.69) is 0 Å². The van der Waals surface area contributed by atoms with Crippen molar-refractivity contribution in [3.05, 3.63) is 108 Å². The molecule has 12 nitrogen and oxygen atoms in total. The minimum atomic E-state index is -2.04. The Kier molecular flexibility index (Phi) is 9.52. The largest absolute Gasteiger partial charge is 0.459 e. The van der Waals surface area contributed by atoms with Crippen molar-refractivity contribution in [2.45, 2.75) is 95.3 Å². The van der Waals surface area contributed by atoms with E-state index in [1.807, 2.05) is 0 Å². The Labute approximate surface area is 301 Å². The van der Waals surface area contributed by atoms with Crippen molar-refractivity contribution >= 4 is 29.8 Å². The first-order valence-electron chi connectivity index (χ1n) is 17.1. The Bertz CT molecular complexity index is 1840. The SMILES string of the molecule is CC(=O)O[C@@H]1C2[C@H](OC(C)=O)[C@H](OC(=O)c3ccccc3)[C@]3(C)[C@@H](OC(=O)c4ccccc4)[C@H](OC(=O)c4ccccc4)C[C@](C)(O)C13OC2(C)C. The predicted octanol–water partition coefficient (Wildman–Crippen LogP) is 4.87. The molecule has 3 aromatic rings. The zero-order valence-electron chi connectivity index (χ0n) is 29.8. The van der Waals surface area contributed by atoms with Gasteiger partial charge in [0, 0.05) is 20.3 Å². The number of carbonyl (C=O) groups is 5. The molecule has 2 bridgehead atoms. The highest BCUT2D eigenvalue weighted by molar-refractivity contribution is 5.91. The summed E-state index contributed by atoms with van der Waals surface area (Å²) < 4.78 is 37.8. The molecule has 9 atom stereocenters. The van der Waals surface area contributed by atoms with E-state index in [4.69, 9.17) is 28.4 Å². The van der Waals surface area contributed by atoms with Crippen molar-refractivity contribution in [1.82, 2.24) is 0 Å². The first kappa shape index (κ1) is 36.7. The van der Waals surface area contributed by atoms with E-state index in [9.17, 15) is 29.1 Å². The zero-order chi connectivity index (χ0) is 37.6. The molecular weight excluding hydrogens is 672 g/mol. The Morgan fingerprint density at radius 1 is 0.596 bits per heavy atom. The van der Waals surface area contributed by atoms with Crippen LogP contribution in [0.3, 0.4) is 0 Å². The second kappa shape index (κ2) is 13.5. The number of fused-ring (bicyclic) bond motifs is 1. The lowest BCUT2D eigenvalue weighted by atomic mass is 9.46. The van der Waals surface area contributed by atoms with Crippen molar-refractivity contribution < 1.29 is 57.5 Å². The van der Waals surface area contributed by atoms with Gasteiger partial charge in [0.15, 0.2) is 12.2 Å². The summed E-state index contributed by atoms with van der Waals surface area (Å²) in [5.74, 6) is -4.93. The molecule has 2 unspecified atom stereocenters. The molecule has 274 valence electrons. The van der Waals surface area contributed by atoms with Crippen LogP contribution in [0.5, 0.6) is 0 Å². The number of carbonyl (C=O) groups excluding carboxylic acids is 5. The number of hydrogen-bond acceptors (Lipinski definition) is 12. The molecule has 0 radical (unpaired) electrons. The molecule has 12 heteroatoms. The van der Waals surface area contributed by atoms with Crippen molar-refractivity contribution in [2.75, 3.05) is 0 Å². The molecule has 1 saturated heterocycles. The monoisotopic (exact) mass is 714 g/mol. The number of esters is 5. The quantitative estimate of drug-likeness (QED) is 0.250. The van der Waals surface area contributed by atoms with Crippen LogP contribution in [0.2, 0.25) is 0 Å². The molecule has 0 amide bonds. The van der Waals surface area contributed by atoms with E-state index >= 15 is 0 Å². The van der Waals surface area contributed by atoms with Gasteiger partial charge in [-0.25, -0.2) is 14.4 Å². The number of benzene rings is 3. The van der Waals surface area contributed by atoms with Crippen molar-refractivity contribution in [3.63, 3.8) is 0 Å². The van der Waals surface area contributed by atoms with Gasteiger partial charge in [-0.1, -0.05) is 54.6 Å². The summed E-state index contributed by atoms with van der Waals surface area (Å²) in [6.45, 7) is 8.73. The average Bonchev–Trinajstić information content (AvgIpc) is 3.31. The second-order valence-corrected chi connectivity index (χ2v) is 14.5. The van der Waals surface area contributed by atoms with Crippen LogP contribution in [-0.2, 0) is 38.0 Å². The minimum absolute atomic E-state index is 0.151. The van der Waals surface area contributed by atoms with Crippen LogP contribution >= 0.6 is 0 Å². The second-order valence-electron chi connectivity index (χ2n) is 14.5. The molecule has 2 aliphatic carbocycles. The molecule has 6 rings (SSSR count). The molecule has 1 aliphatic heterocycles. The molecular formula is C40H42O12. The van der Waals surface area contributed by atoms with Gasteiger partial charge in [-0.05, 0) is 64.1 Å². The average molecular weight is 715 g/mol. The maximum absolute atomic E-state index is 14.0. The van der Waals surface area contributed by atoms with Gasteiger partial charge in [-0.15, -0.1) is 0 Å². The number of hydrogen-bond donors (Lipinski definition) is 1. The van der Waals surface area contributed by atoms with Crippen molar-refractivity contribution in [2.24, 2.45) is 11.3 Å². The Balaban J connectivity index is 1.62. The number of aliphatic hydroxyl groups is 1. The summed E-state index contributed by atoms with van der Waals surface area (Å²) >= 11 is 0. The Morgan fingerprint density at radius 3 is 1.46 bits per heavy atom. The Hall–Kier alpha value is -5.07. The molecule has 1 N–H and O–H groups in total.